The predicted octanol–water partition coefficient (Wildman–Crippen LogP) is 3.27. The highest BCUT2D eigenvalue weighted by Crippen LogP contribution is 2.20. The summed E-state index contributed by atoms with van der Waals surface area (Å²) in [4.78, 5) is 25.8. The fraction of sp³-hybridized carbons (Fsp3) is 0.263. The minimum atomic E-state index is -0.474. The van der Waals surface area contributed by atoms with Gasteiger partial charge in [-0.25, -0.2) is 4.39 Å². The topological polar surface area (TPSA) is 75.4 Å². The van der Waals surface area contributed by atoms with Crippen LogP contribution in [0.4, 0.5) is 15.8 Å². The standard InChI is InChI=1S/C19H22FN3O2/c1-12(2)19(25)23(3)11-13-4-6-14(7-5-13)18(24)22-17-10-15(20)8-9-16(17)21/h4-10,12H,11,21H2,1-3H3,(H,22,24). The first-order valence-electron chi connectivity index (χ1n) is 7.98. The molecule has 5 nitrogen and oxygen atoms in total. The highest BCUT2D eigenvalue weighted by Gasteiger charge is 2.14. The Morgan fingerprint density at radius 1 is 1.16 bits per heavy atom. The number of nitrogens with one attached hydrogen (secondary N) is 1. The fourth-order valence-corrected chi connectivity index (χ4v) is 2.39. The summed E-state index contributed by atoms with van der Waals surface area (Å²) in [6.45, 7) is 4.17. The van der Waals surface area contributed by atoms with Crippen molar-refractivity contribution in [3.63, 3.8) is 0 Å². The van der Waals surface area contributed by atoms with E-state index in [9.17, 15) is 14.0 Å². The number of anilines is 2. The molecule has 0 bridgehead atoms. The summed E-state index contributed by atoms with van der Waals surface area (Å²) in [5.74, 6) is -0.858. The zero-order valence-corrected chi connectivity index (χ0v) is 14.5. The average molecular weight is 343 g/mol. The first kappa shape index (κ1) is 18.4. The Balaban J connectivity index is 2.05. The highest BCUT2D eigenvalue weighted by molar-refractivity contribution is 6.05. The summed E-state index contributed by atoms with van der Waals surface area (Å²) in [6, 6.07) is 10.7. The maximum absolute atomic E-state index is 13.3. The van der Waals surface area contributed by atoms with Gasteiger partial charge >= 0.3 is 0 Å². The fourth-order valence-electron chi connectivity index (χ4n) is 2.39. The van der Waals surface area contributed by atoms with Crippen molar-refractivity contribution < 1.29 is 14.0 Å². The molecule has 2 aromatic rings. The summed E-state index contributed by atoms with van der Waals surface area (Å²) in [5, 5.41) is 2.59. The van der Waals surface area contributed by atoms with Gasteiger partial charge in [-0.05, 0) is 35.9 Å². The molecule has 0 aliphatic rings. The average Bonchev–Trinajstić information content (AvgIpc) is 2.57. The van der Waals surface area contributed by atoms with Gasteiger partial charge in [-0.15, -0.1) is 0 Å². The van der Waals surface area contributed by atoms with Crippen LogP contribution in [0.1, 0.15) is 29.8 Å². The number of nitrogens with two attached hydrogens (primary N) is 1. The van der Waals surface area contributed by atoms with E-state index in [0.29, 0.717) is 17.8 Å². The van der Waals surface area contributed by atoms with Crippen LogP contribution in [0.5, 0.6) is 0 Å². The maximum Gasteiger partial charge on any atom is 0.255 e. The normalized spacial score (nSPS) is 10.6. The van der Waals surface area contributed by atoms with Gasteiger partial charge < -0.3 is 16.0 Å². The van der Waals surface area contributed by atoms with E-state index in [1.54, 1.807) is 36.2 Å². The number of amides is 2. The van der Waals surface area contributed by atoms with Crippen molar-refractivity contribution in [3.05, 3.63) is 59.4 Å². The lowest BCUT2D eigenvalue weighted by atomic mass is 10.1. The van der Waals surface area contributed by atoms with Crippen LogP contribution in [0.3, 0.4) is 0 Å². The molecular formula is C19H22FN3O2. The third-order valence-electron chi connectivity index (χ3n) is 3.77. The molecule has 0 spiro atoms. The predicted molar refractivity (Wildman–Crippen MR) is 96.5 cm³/mol. The minimum Gasteiger partial charge on any atom is -0.397 e. The van der Waals surface area contributed by atoms with E-state index in [2.05, 4.69) is 5.32 Å². The Morgan fingerprint density at radius 2 is 1.80 bits per heavy atom. The van der Waals surface area contributed by atoms with Gasteiger partial charge in [-0.2, -0.15) is 0 Å². The molecular weight excluding hydrogens is 321 g/mol. The number of hydrogen-bond acceptors (Lipinski definition) is 3. The van der Waals surface area contributed by atoms with Crippen molar-refractivity contribution in [1.82, 2.24) is 4.90 Å². The molecule has 0 saturated carbocycles. The number of rotatable bonds is 5. The first-order valence-corrected chi connectivity index (χ1v) is 7.98. The first-order chi connectivity index (χ1) is 11.8. The molecule has 0 saturated heterocycles. The monoisotopic (exact) mass is 343 g/mol. The van der Waals surface area contributed by atoms with Gasteiger partial charge in [0.15, 0.2) is 0 Å². The number of halogens is 1. The SMILES string of the molecule is CC(C)C(=O)N(C)Cc1ccc(C(=O)Nc2cc(F)ccc2N)cc1. The van der Waals surface area contributed by atoms with Gasteiger partial charge in [0.2, 0.25) is 5.91 Å². The van der Waals surface area contributed by atoms with Crippen LogP contribution in [0.25, 0.3) is 0 Å². The number of hydrogen-bond donors (Lipinski definition) is 2. The lowest BCUT2D eigenvalue weighted by molar-refractivity contribution is -0.133. The Morgan fingerprint density at radius 3 is 2.40 bits per heavy atom. The molecule has 0 atom stereocenters. The third kappa shape index (κ3) is 4.79. The highest BCUT2D eigenvalue weighted by atomic mass is 19.1. The van der Waals surface area contributed by atoms with Crippen LogP contribution in [-0.2, 0) is 11.3 Å². The molecule has 25 heavy (non-hydrogen) atoms. The van der Waals surface area contributed by atoms with Crippen LogP contribution < -0.4 is 11.1 Å². The molecule has 0 radical (unpaired) electrons. The number of benzene rings is 2. The van der Waals surface area contributed by atoms with Gasteiger partial charge in [-0.1, -0.05) is 26.0 Å². The van der Waals surface area contributed by atoms with Gasteiger partial charge in [0.05, 0.1) is 11.4 Å². The quantitative estimate of drug-likeness (QED) is 0.818. The van der Waals surface area contributed by atoms with Gasteiger partial charge in [0, 0.05) is 25.1 Å². The van der Waals surface area contributed by atoms with Crippen molar-refractivity contribution in [1.29, 1.82) is 0 Å². The van der Waals surface area contributed by atoms with Crippen LogP contribution in [0.2, 0.25) is 0 Å². The molecule has 132 valence electrons. The summed E-state index contributed by atoms with van der Waals surface area (Å²) in [7, 11) is 1.75. The van der Waals surface area contributed by atoms with Crippen LogP contribution in [0, 0.1) is 11.7 Å². The van der Waals surface area contributed by atoms with Crippen LogP contribution in [0.15, 0.2) is 42.5 Å². The van der Waals surface area contributed by atoms with E-state index in [4.69, 9.17) is 5.73 Å². The molecule has 6 heteroatoms. The molecule has 0 fully saturated rings. The van der Waals surface area contributed by atoms with Crippen LogP contribution >= 0.6 is 0 Å². The minimum absolute atomic E-state index is 0.0587. The third-order valence-corrected chi connectivity index (χ3v) is 3.77. The molecule has 0 aromatic heterocycles. The molecule has 2 amide bonds. The van der Waals surface area contributed by atoms with Crippen LogP contribution in [-0.4, -0.2) is 23.8 Å². The molecule has 2 aromatic carbocycles. The summed E-state index contributed by atoms with van der Waals surface area (Å²) in [6.07, 6.45) is 0. The zero-order valence-electron chi connectivity index (χ0n) is 14.5. The van der Waals surface area contributed by atoms with E-state index in [0.717, 1.165) is 5.56 Å². The summed E-state index contributed by atoms with van der Waals surface area (Å²) in [5.41, 5.74) is 7.59. The number of nitrogens with zero attached hydrogens (tertiary/aromatic N) is 1. The molecule has 0 heterocycles. The Labute approximate surface area is 146 Å². The lowest BCUT2D eigenvalue weighted by Gasteiger charge is -2.19. The smallest absolute Gasteiger partial charge is 0.255 e. The maximum atomic E-state index is 13.3. The number of carbonyl (C=O) groups excluding carboxylic acids is 2. The molecule has 2 rings (SSSR count). The molecule has 3 N–H and O–H groups in total. The Bertz CT molecular complexity index is 773. The van der Waals surface area contributed by atoms with Gasteiger partial charge in [-0.3, -0.25) is 9.59 Å². The number of carbonyl (C=O) groups is 2. The molecule has 0 aliphatic carbocycles. The second-order valence-corrected chi connectivity index (χ2v) is 6.23. The molecule has 0 aliphatic heterocycles. The van der Waals surface area contributed by atoms with E-state index < -0.39 is 5.82 Å². The van der Waals surface area contributed by atoms with E-state index in [-0.39, 0.29) is 23.4 Å². The van der Waals surface area contributed by atoms with Crippen molar-refractivity contribution in [2.75, 3.05) is 18.1 Å². The number of nitrogen functional groups attached to an aromatic ring is 1. The van der Waals surface area contributed by atoms with Crippen molar-refractivity contribution in [3.8, 4) is 0 Å². The van der Waals surface area contributed by atoms with Gasteiger partial charge in [0.1, 0.15) is 5.82 Å². The van der Waals surface area contributed by atoms with E-state index in [1.165, 1.54) is 18.2 Å². The zero-order chi connectivity index (χ0) is 18.6. The second-order valence-electron chi connectivity index (χ2n) is 6.23. The summed E-state index contributed by atoms with van der Waals surface area (Å²) >= 11 is 0. The summed E-state index contributed by atoms with van der Waals surface area (Å²) < 4.78 is 13.3. The Hall–Kier alpha value is -2.89. The second kappa shape index (κ2) is 7.79. The van der Waals surface area contributed by atoms with Crippen molar-refractivity contribution in [2.45, 2.75) is 20.4 Å². The lowest BCUT2D eigenvalue weighted by Crippen LogP contribution is -2.29. The molecule has 0 unspecified atom stereocenters. The van der Waals surface area contributed by atoms with E-state index in [1.807, 2.05) is 13.8 Å². The van der Waals surface area contributed by atoms with Gasteiger partial charge in [0.25, 0.3) is 5.91 Å². The Kier molecular flexibility index (Phi) is 5.75. The van der Waals surface area contributed by atoms with E-state index >= 15 is 0 Å². The van der Waals surface area contributed by atoms with Crippen molar-refractivity contribution >= 4 is 23.2 Å². The van der Waals surface area contributed by atoms with Crippen molar-refractivity contribution in [2.24, 2.45) is 5.92 Å². The largest absolute Gasteiger partial charge is 0.397 e.